The Morgan fingerprint density at radius 3 is 2.83 bits per heavy atom. The van der Waals surface area contributed by atoms with Crippen LogP contribution in [-0.2, 0) is 0 Å². The highest BCUT2D eigenvalue weighted by Crippen LogP contribution is 2.24. The zero-order valence-electron chi connectivity index (χ0n) is 10.5. The molecule has 1 aliphatic carbocycles. The first kappa shape index (κ1) is 12.8. The van der Waals surface area contributed by atoms with Crippen LogP contribution in [0.15, 0.2) is 29.8 Å². The van der Waals surface area contributed by atoms with E-state index in [-0.39, 0.29) is 11.3 Å². The molecule has 0 fully saturated rings. The predicted molar refractivity (Wildman–Crippen MR) is 68.5 cm³/mol. The van der Waals surface area contributed by atoms with Gasteiger partial charge in [-0.05, 0) is 43.4 Å². The summed E-state index contributed by atoms with van der Waals surface area (Å²) in [6.45, 7) is 0. The summed E-state index contributed by atoms with van der Waals surface area (Å²) in [5.41, 5.74) is 0.889. The Hall–Kier alpha value is -1.64. The van der Waals surface area contributed by atoms with Crippen LogP contribution in [0.5, 0.6) is 5.75 Å². The lowest BCUT2D eigenvalue weighted by atomic mass is 9.99. The Balaban J connectivity index is 2.25. The van der Waals surface area contributed by atoms with Gasteiger partial charge >= 0.3 is 0 Å². The van der Waals surface area contributed by atoms with Crippen molar-refractivity contribution in [3.05, 3.63) is 41.2 Å². The van der Waals surface area contributed by atoms with E-state index in [1.54, 1.807) is 6.07 Å². The molecule has 0 N–H and O–H groups in total. The van der Waals surface area contributed by atoms with Crippen LogP contribution in [0, 0.1) is 5.82 Å². The summed E-state index contributed by atoms with van der Waals surface area (Å²) in [7, 11) is 1.48. The van der Waals surface area contributed by atoms with Crippen molar-refractivity contribution in [3.8, 4) is 5.75 Å². The SMILES string of the molecule is COc1ccc(C(=O)C2=CCCCCC2)c(F)c1. The molecule has 0 amide bonds. The number of carbonyl (C=O) groups is 1. The number of hydrogen-bond acceptors (Lipinski definition) is 2. The summed E-state index contributed by atoms with van der Waals surface area (Å²) in [5, 5.41) is 0. The molecule has 0 radical (unpaired) electrons. The molecule has 2 nitrogen and oxygen atoms in total. The number of carbonyl (C=O) groups excluding carboxylic acids is 1. The number of allylic oxidation sites excluding steroid dienone is 2. The van der Waals surface area contributed by atoms with Crippen LogP contribution in [0.3, 0.4) is 0 Å². The van der Waals surface area contributed by atoms with Crippen LogP contribution in [0.25, 0.3) is 0 Å². The average Bonchev–Trinajstić information content (AvgIpc) is 2.66. The van der Waals surface area contributed by atoms with Gasteiger partial charge < -0.3 is 4.74 Å². The van der Waals surface area contributed by atoms with Gasteiger partial charge in [-0.1, -0.05) is 12.5 Å². The molecule has 3 heteroatoms. The summed E-state index contributed by atoms with van der Waals surface area (Å²) in [5.74, 6) is -0.263. The van der Waals surface area contributed by atoms with Gasteiger partial charge in [-0.2, -0.15) is 0 Å². The molecule has 0 saturated carbocycles. The third kappa shape index (κ3) is 2.78. The number of rotatable bonds is 3. The first-order chi connectivity index (χ1) is 8.72. The molecule has 0 heterocycles. The molecule has 1 aromatic carbocycles. The van der Waals surface area contributed by atoms with E-state index >= 15 is 0 Å². The number of halogens is 1. The predicted octanol–water partition coefficient (Wildman–Crippen LogP) is 3.91. The van der Waals surface area contributed by atoms with Crippen molar-refractivity contribution in [1.29, 1.82) is 0 Å². The molecule has 0 aliphatic heterocycles. The van der Waals surface area contributed by atoms with Crippen molar-refractivity contribution >= 4 is 5.78 Å². The molecule has 1 aromatic rings. The normalized spacial score (nSPS) is 15.8. The molecule has 0 atom stereocenters. The molecular formula is C15H17FO2. The number of methoxy groups -OCH3 is 1. The van der Waals surface area contributed by atoms with E-state index in [9.17, 15) is 9.18 Å². The smallest absolute Gasteiger partial charge is 0.191 e. The van der Waals surface area contributed by atoms with E-state index in [0.717, 1.165) is 37.7 Å². The third-order valence-corrected chi connectivity index (χ3v) is 3.25. The van der Waals surface area contributed by atoms with Crippen molar-refractivity contribution in [2.75, 3.05) is 7.11 Å². The van der Waals surface area contributed by atoms with Crippen LogP contribution in [0.1, 0.15) is 42.5 Å². The van der Waals surface area contributed by atoms with E-state index in [1.807, 2.05) is 6.08 Å². The molecular weight excluding hydrogens is 231 g/mol. The molecule has 0 saturated heterocycles. The molecule has 96 valence electrons. The number of benzene rings is 1. The molecule has 0 aromatic heterocycles. The van der Waals surface area contributed by atoms with Gasteiger partial charge in [0.25, 0.3) is 0 Å². The molecule has 0 unspecified atom stereocenters. The number of hydrogen-bond donors (Lipinski definition) is 0. The molecule has 1 aliphatic rings. The third-order valence-electron chi connectivity index (χ3n) is 3.25. The van der Waals surface area contributed by atoms with Crippen LogP contribution in [0.2, 0.25) is 0 Å². The van der Waals surface area contributed by atoms with Crippen LogP contribution in [-0.4, -0.2) is 12.9 Å². The lowest BCUT2D eigenvalue weighted by molar-refractivity contribution is 0.102. The van der Waals surface area contributed by atoms with Crippen molar-refractivity contribution < 1.29 is 13.9 Å². The van der Waals surface area contributed by atoms with Gasteiger partial charge in [0.1, 0.15) is 11.6 Å². The van der Waals surface area contributed by atoms with Crippen LogP contribution >= 0.6 is 0 Å². The highest BCUT2D eigenvalue weighted by molar-refractivity contribution is 6.08. The van der Waals surface area contributed by atoms with E-state index < -0.39 is 5.82 Å². The first-order valence-corrected chi connectivity index (χ1v) is 6.29. The van der Waals surface area contributed by atoms with Gasteiger partial charge in [-0.3, -0.25) is 4.79 Å². The average molecular weight is 248 g/mol. The maximum atomic E-state index is 13.8. The number of ketones is 1. The van der Waals surface area contributed by atoms with Crippen LogP contribution < -0.4 is 4.74 Å². The Kier molecular flexibility index (Phi) is 4.13. The summed E-state index contributed by atoms with van der Waals surface area (Å²) in [6, 6.07) is 4.38. The lowest BCUT2D eigenvalue weighted by Gasteiger charge is -2.07. The Morgan fingerprint density at radius 2 is 2.11 bits per heavy atom. The minimum atomic E-state index is -0.510. The quantitative estimate of drug-likeness (QED) is 0.758. The number of ether oxygens (including phenoxy) is 1. The van der Waals surface area contributed by atoms with Crippen molar-refractivity contribution in [2.45, 2.75) is 32.1 Å². The lowest BCUT2D eigenvalue weighted by Crippen LogP contribution is -2.06. The summed E-state index contributed by atoms with van der Waals surface area (Å²) < 4.78 is 18.7. The van der Waals surface area contributed by atoms with Gasteiger partial charge in [0.15, 0.2) is 5.78 Å². The monoisotopic (exact) mass is 248 g/mol. The number of Topliss-reactive ketones (excluding diaryl/α,β-unsaturated/α-hetero) is 1. The fourth-order valence-electron chi connectivity index (χ4n) is 2.20. The molecule has 0 spiro atoms. The van der Waals surface area contributed by atoms with Crippen molar-refractivity contribution in [3.63, 3.8) is 0 Å². The minimum absolute atomic E-state index is 0.143. The van der Waals surface area contributed by atoms with Gasteiger partial charge in [0.05, 0.1) is 12.7 Å². The zero-order valence-corrected chi connectivity index (χ0v) is 10.5. The van der Waals surface area contributed by atoms with Gasteiger partial charge in [0, 0.05) is 6.07 Å². The summed E-state index contributed by atoms with van der Waals surface area (Å²) in [4.78, 5) is 12.2. The van der Waals surface area contributed by atoms with Crippen molar-refractivity contribution in [1.82, 2.24) is 0 Å². The van der Waals surface area contributed by atoms with Crippen LogP contribution in [0.4, 0.5) is 4.39 Å². The standard InChI is InChI=1S/C15H17FO2/c1-18-12-8-9-13(14(16)10-12)15(17)11-6-4-2-3-5-7-11/h6,8-10H,2-5,7H2,1H3. The van der Waals surface area contributed by atoms with E-state index in [1.165, 1.54) is 19.2 Å². The maximum absolute atomic E-state index is 13.8. The summed E-state index contributed by atoms with van der Waals surface area (Å²) in [6.07, 6.45) is 6.89. The van der Waals surface area contributed by atoms with E-state index in [4.69, 9.17) is 4.74 Å². The van der Waals surface area contributed by atoms with Gasteiger partial charge in [-0.15, -0.1) is 0 Å². The van der Waals surface area contributed by atoms with E-state index in [0.29, 0.717) is 5.75 Å². The largest absolute Gasteiger partial charge is 0.497 e. The van der Waals surface area contributed by atoms with Gasteiger partial charge in [0.2, 0.25) is 0 Å². The molecule has 0 bridgehead atoms. The second-order valence-electron chi connectivity index (χ2n) is 4.50. The Morgan fingerprint density at radius 1 is 1.28 bits per heavy atom. The van der Waals surface area contributed by atoms with Crippen molar-refractivity contribution in [2.24, 2.45) is 0 Å². The minimum Gasteiger partial charge on any atom is -0.497 e. The zero-order chi connectivity index (χ0) is 13.0. The fraction of sp³-hybridized carbons (Fsp3) is 0.400. The Labute approximate surface area is 106 Å². The fourth-order valence-corrected chi connectivity index (χ4v) is 2.20. The second-order valence-corrected chi connectivity index (χ2v) is 4.50. The molecule has 18 heavy (non-hydrogen) atoms. The molecule has 2 rings (SSSR count). The second kappa shape index (κ2) is 5.80. The van der Waals surface area contributed by atoms with Gasteiger partial charge in [-0.25, -0.2) is 4.39 Å². The topological polar surface area (TPSA) is 26.3 Å². The van der Waals surface area contributed by atoms with E-state index in [2.05, 4.69) is 0 Å². The maximum Gasteiger partial charge on any atom is 0.191 e. The summed E-state index contributed by atoms with van der Waals surface area (Å²) >= 11 is 0. The highest BCUT2D eigenvalue weighted by Gasteiger charge is 2.17. The Bertz CT molecular complexity index is 477. The first-order valence-electron chi connectivity index (χ1n) is 6.29. The highest BCUT2D eigenvalue weighted by atomic mass is 19.1.